The van der Waals surface area contributed by atoms with Crippen molar-refractivity contribution in [1.82, 2.24) is 15.3 Å². The molecule has 0 radical (unpaired) electrons. The number of nitrogens with zero attached hydrogens (tertiary/aromatic N) is 2. The number of urea groups is 1. The second kappa shape index (κ2) is 7.02. The summed E-state index contributed by atoms with van der Waals surface area (Å²) in [5, 5.41) is 5.73. The van der Waals surface area contributed by atoms with Crippen molar-refractivity contribution in [2.45, 2.75) is 33.7 Å². The Morgan fingerprint density at radius 3 is 2.36 bits per heavy atom. The molecule has 2 N–H and O–H groups in total. The van der Waals surface area contributed by atoms with Gasteiger partial charge in [0.05, 0.1) is 0 Å². The summed E-state index contributed by atoms with van der Waals surface area (Å²) in [5.41, 5.74) is 2.59. The van der Waals surface area contributed by atoms with Crippen LogP contribution in [-0.4, -0.2) is 22.0 Å². The number of aryl methyl sites for hydroxylation is 1. The van der Waals surface area contributed by atoms with Crippen molar-refractivity contribution >= 4 is 11.7 Å². The summed E-state index contributed by atoms with van der Waals surface area (Å²) >= 11 is 0. The molecule has 0 fully saturated rings. The number of aromatic nitrogens is 2. The first-order valence-electron chi connectivity index (χ1n) is 7.43. The minimum Gasteiger partial charge on any atom is -0.335 e. The van der Waals surface area contributed by atoms with Gasteiger partial charge in [-0.05, 0) is 50.1 Å². The van der Waals surface area contributed by atoms with Gasteiger partial charge in [0.25, 0.3) is 0 Å². The van der Waals surface area contributed by atoms with Crippen LogP contribution < -0.4 is 10.6 Å². The molecule has 2 aromatic rings. The topological polar surface area (TPSA) is 66.9 Å². The molecule has 1 atom stereocenters. The average Bonchev–Trinajstić information content (AvgIpc) is 2.47. The summed E-state index contributed by atoms with van der Waals surface area (Å²) in [6, 6.07) is 9.29. The maximum absolute atomic E-state index is 11.9. The molecule has 0 aliphatic carbocycles. The SMILES string of the molecule is Cc1ccnc(-c2ccc(NC(=O)NC(C)C(C)C)cc2)n1. The van der Waals surface area contributed by atoms with Gasteiger partial charge >= 0.3 is 6.03 Å². The summed E-state index contributed by atoms with van der Waals surface area (Å²) in [6.07, 6.45) is 1.74. The van der Waals surface area contributed by atoms with Crippen molar-refractivity contribution in [1.29, 1.82) is 0 Å². The largest absolute Gasteiger partial charge is 0.335 e. The van der Waals surface area contributed by atoms with E-state index >= 15 is 0 Å². The summed E-state index contributed by atoms with van der Waals surface area (Å²) in [7, 11) is 0. The lowest BCUT2D eigenvalue weighted by atomic mass is 10.1. The van der Waals surface area contributed by atoms with Gasteiger partial charge in [-0.25, -0.2) is 14.8 Å². The number of anilines is 1. The molecule has 5 nitrogen and oxygen atoms in total. The van der Waals surface area contributed by atoms with Crippen LogP contribution in [0.25, 0.3) is 11.4 Å². The molecular weight excluding hydrogens is 276 g/mol. The maximum Gasteiger partial charge on any atom is 0.319 e. The van der Waals surface area contributed by atoms with Crippen LogP contribution in [0.3, 0.4) is 0 Å². The van der Waals surface area contributed by atoms with Gasteiger partial charge in [-0.3, -0.25) is 0 Å². The molecule has 5 heteroatoms. The smallest absolute Gasteiger partial charge is 0.319 e. The van der Waals surface area contributed by atoms with Crippen molar-refractivity contribution in [3.8, 4) is 11.4 Å². The predicted octanol–water partition coefficient (Wildman–Crippen LogP) is 3.62. The van der Waals surface area contributed by atoms with Gasteiger partial charge in [0, 0.05) is 29.2 Å². The van der Waals surface area contributed by atoms with Crippen LogP contribution in [-0.2, 0) is 0 Å². The summed E-state index contributed by atoms with van der Waals surface area (Å²) in [5.74, 6) is 1.08. The zero-order valence-electron chi connectivity index (χ0n) is 13.4. The quantitative estimate of drug-likeness (QED) is 0.906. The summed E-state index contributed by atoms with van der Waals surface area (Å²) in [4.78, 5) is 20.5. The Morgan fingerprint density at radius 1 is 1.09 bits per heavy atom. The maximum atomic E-state index is 11.9. The first-order valence-corrected chi connectivity index (χ1v) is 7.43. The molecule has 0 spiro atoms. The number of amides is 2. The highest BCUT2D eigenvalue weighted by Crippen LogP contribution is 2.18. The molecule has 0 saturated heterocycles. The molecule has 2 rings (SSSR count). The molecule has 1 unspecified atom stereocenters. The van der Waals surface area contributed by atoms with Crippen LogP contribution in [0.5, 0.6) is 0 Å². The Bertz CT molecular complexity index is 637. The number of hydrogen-bond donors (Lipinski definition) is 2. The van der Waals surface area contributed by atoms with E-state index in [0.717, 1.165) is 16.9 Å². The Kier molecular flexibility index (Phi) is 5.09. The van der Waals surface area contributed by atoms with Crippen LogP contribution in [0, 0.1) is 12.8 Å². The number of benzene rings is 1. The molecule has 116 valence electrons. The van der Waals surface area contributed by atoms with Gasteiger partial charge in [-0.15, -0.1) is 0 Å². The van der Waals surface area contributed by atoms with Gasteiger partial charge in [-0.1, -0.05) is 13.8 Å². The van der Waals surface area contributed by atoms with E-state index in [9.17, 15) is 4.79 Å². The highest BCUT2D eigenvalue weighted by Gasteiger charge is 2.10. The third-order valence-electron chi connectivity index (χ3n) is 3.55. The van der Waals surface area contributed by atoms with Gasteiger partial charge < -0.3 is 10.6 Å². The normalized spacial score (nSPS) is 12.0. The van der Waals surface area contributed by atoms with Crippen molar-refractivity contribution in [2.75, 3.05) is 5.32 Å². The Hall–Kier alpha value is -2.43. The van der Waals surface area contributed by atoms with E-state index in [2.05, 4.69) is 34.4 Å². The van der Waals surface area contributed by atoms with Crippen LogP contribution in [0.1, 0.15) is 26.5 Å². The van der Waals surface area contributed by atoms with E-state index in [1.165, 1.54) is 0 Å². The molecule has 2 amide bonds. The number of rotatable bonds is 4. The fraction of sp³-hybridized carbons (Fsp3) is 0.353. The first-order chi connectivity index (χ1) is 10.5. The van der Waals surface area contributed by atoms with E-state index in [-0.39, 0.29) is 12.1 Å². The fourth-order valence-corrected chi connectivity index (χ4v) is 1.83. The van der Waals surface area contributed by atoms with Crippen LogP contribution in [0.4, 0.5) is 10.5 Å². The molecule has 0 saturated carbocycles. The lowest BCUT2D eigenvalue weighted by Crippen LogP contribution is -2.38. The standard InChI is InChI=1S/C17H22N4O/c1-11(2)13(4)20-17(22)21-15-7-5-14(6-8-15)16-18-10-9-12(3)19-16/h5-11,13H,1-4H3,(H2,20,21,22). The molecule has 0 aliphatic heterocycles. The van der Waals surface area contributed by atoms with Crippen molar-refractivity contribution in [3.63, 3.8) is 0 Å². The van der Waals surface area contributed by atoms with E-state index in [0.29, 0.717) is 11.7 Å². The number of nitrogens with one attached hydrogen (secondary N) is 2. The summed E-state index contributed by atoms with van der Waals surface area (Å²) in [6.45, 7) is 8.06. The lowest BCUT2D eigenvalue weighted by molar-refractivity contribution is 0.246. The van der Waals surface area contributed by atoms with E-state index in [1.807, 2.05) is 44.2 Å². The number of carbonyl (C=O) groups is 1. The van der Waals surface area contributed by atoms with E-state index in [4.69, 9.17) is 0 Å². The van der Waals surface area contributed by atoms with Gasteiger partial charge in [-0.2, -0.15) is 0 Å². The molecule has 0 bridgehead atoms. The van der Waals surface area contributed by atoms with Crippen LogP contribution >= 0.6 is 0 Å². The molecule has 22 heavy (non-hydrogen) atoms. The van der Waals surface area contributed by atoms with Crippen LogP contribution in [0.2, 0.25) is 0 Å². The second-order valence-electron chi connectivity index (χ2n) is 5.73. The monoisotopic (exact) mass is 298 g/mol. The molecule has 1 aromatic carbocycles. The Balaban J connectivity index is 2.02. The molecule has 1 aromatic heterocycles. The van der Waals surface area contributed by atoms with Crippen molar-refractivity contribution in [2.24, 2.45) is 5.92 Å². The fourth-order valence-electron chi connectivity index (χ4n) is 1.83. The Morgan fingerprint density at radius 2 is 1.77 bits per heavy atom. The van der Waals surface area contributed by atoms with E-state index in [1.54, 1.807) is 6.20 Å². The number of hydrogen-bond acceptors (Lipinski definition) is 3. The third kappa shape index (κ3) is 4.28. The molecular formula is C17H22N4O. The van der Waals surface area contributed by atoms with Gasteiger partial charge in [0.1, 0.15) is 0 Å². The first kappa shape index (κ1) is 15.9. The highest BCUT2D eigenvalue weighted by molar-refractivity contribution is 5.89. The van der Waals surface area contributed by atoms with Crippen LogP contribution in [0.15, 0.2) is 36.5 Å². The zero-order chi connectivity index (χ0) is 16.1. The van der Waals surface area contributed by atoms with Gasteiger partial charge in [0.2, 0.25) is 0 Å². The molecule has 1 heterocycles. The minimum atomic E-state index is -0.194. The Labute approximate surface area is 131 Å². The average molecular weight is 298 g/mol. The van der Waals surface area contributed by atoms with Gasteiger partial charge in [0.15, 0.2) is 5.82 Å². The number of carbonyl (C=O) groups excluding carboxylic acids is 1. The third-order valence-corrected chi connectivity index (χ3v) is 3.55. The van der Waals surface area contributed by atoms with Crippen molar-refractivity contribution < 1.29 is 4.79 Å². The minimum absolute atomic E-state index is 0.125. The zero-order valence-corrected chi connectivity index (χ0v) is 13.4. The molecule has 0 aliphatic rings. The second-order valence-corrected chi connectivity index (χ2v) is 5.73. The van der Waals surface area contributed by atoms with Crippen molar-refractivity contribution in [3.05, 3.63) is 42.2 Å². The highest BCUT2D eigenvalue weighted by atomic mass is 16.2. The van der Waals surface area contributed by atoms with E-state index < -0.39 is 0 Å². The lowest BCUT2D eigenvalue weighted by Gasteiger charge is -2.17. The predicted molar refractivity (Wildman–Crippen MR) is 88.7 cm³/mol. The summed E-state index contributed by atoms with van der Waals surface area (Å²) < 4.78 is 0.